The fourth-order valence-electron chi connectivity index (χ4n) is 3.93. The summed E-state index contributed by atoms with van der Waals surface area (Å²) in [5, 5.41) is 9.36. The molecule has 2 aliphatic rings. The Morgan fingerprint density at radius 3 is 2.77 bits per heavy atom. The third-order valence-corrected chi connectivity index (χ3v) is 5.94. The van der Waals surface area contributed by atoms with Gasteiger partial charge in [0.15, 0.2) is 0 Å². The molecule has 0 saturated heterocycles. The van der Waals surface area contributed by atoms with Crippen LogP contribution in [0.25, 0.3) is 11.1 Å². The van der Waals surface area contributed by atoms with E-state index >= 15 is 0 Å². The van der Waals surface area contributed by atoms with Crippen molar-refractivity contribution in [3.63, 3.8) is 0 Å². The molecule has 0 atom stereocenters. The molecule has 5 heteroatoms. The molecule has 0 heterocycles. The number of rotatable bonds is 6. The van der Waals surface area contributed by atoms with E-state index in [-0.39, 0.29) is 18.0 Å². The second-order valence-corrected chi connectivity index (χ2v) is 8.47. The number of carboxylic acid groups (broad SMARTS) is 1. The van der Waals surface area contributed by atoms with Crippen molar-refractivity contribution in [1.82, 2.24) is 0 Å². The van der Waals surface area contributed by atoms with Crippen LogP contribution >= 0.6 is 15.9 Å². The third kappa shape index (κ3) is 4.67. The molecular weight excluding hydrogens is 459 g/mol. The summed E-state index contributed by atoms with van der Waals surface area (Å²) >= 11 is 3.54. The van der Waals surface area contributed by atoms with Gasteiger partial charge < -0.3 is 9.84 Å². The number of halogens is 2. The minimum absolute atomic E-state index is 0.109. The van der Waals surface area contributed by atoms with E-state index in [1.54, 1.807) is 30.7 Å². The fraction of sp³-hybridized carbons (Fsp3) is 0.154. The normalized spacial score (nSPS) is 16.0. The molecule has 0 radical (unpaired) electrons. The molecular formula is C26H21BrFO3+. The topological polar surface area (TPSA) is 46.5 Å². The predicted octanol–water partition coefficient (Wildman–Crippen LogP) is 7.17. The number of hydrogen-bond donors (Lipinski definition) is 1. The van der Waals surface area contributed by atoms with Gasteiger partial charge in [0.2, 0.25) is 5.83 Å². The SMILES string of the molecule is C=C1C=C(F)C(COc2ccc(Br)cc2C2=C(c3cccc(C(=O)O)c3)CCC2)=C[CH+]1. The first-order chi connectivity index (χ1) is 14.9. The van der Waals surface area contributed by atoms with Crippen LogP contribution in [0.1, 0.15) is 40.7 Å². The van der Waals surface area contributed by atoms with Crippen LogP contribution in [-0.2, 0) is 0 Å². The zero-order valence-corrected chi connectivity index (χ0v) is 18.4. The molecule has 0 aromatic heterocycles. The Morgan fingerprint density at radius 2 is 2.00 bits per heavy atom. The highest BCUT2D eigenvalue weighted by Crippen LogP contribution is 2.44. The van der Waals surface area contributed by atoms with Gasteiger partial charge >= 0.3 is 5.97 Å². The van der Waals surface area contributed by atoms with E-state index < -0.39 is 5.97 Å². The summed E-state index contributed by atoms with van der Waals surface area (Å²) in [6.45, 7) is 3.85. The maximum absolute atomic E-state index is 14.2. The summed E-state index contributed by atoms with van der Waals surface area (Å²) in [6.07, 6.45) is 7.56. The maximum Gasteiger partial charge on any atom is 0.335 e. The largest absolute Gasteiger partial charge is 0.478 e. The van der Waals surface area contributed by atoms with Crippen LogP contribution in [0.3, 0.4) is 0 Å². The van der Waals surface area contributed by atoms with Crippen molar-refractivity contribution in [3.05, 3.63) is 106 Å². The van der Waals surface area contributed by atoms with Gasteiger partial charge in [-0.2, -0.15) is 4.39 Å². The second kappa shape index (κ2) is 8.98. The Bertz CT molecular complexity index is 1160. The molecule has 0 bridgehead atoms. The number of ether oxygens (including phenoxy) is 1. The van der Waals surface area contributed by atoms with Gasteiger partial charge in [-0.25, -0.2) is 4.79 Å². The summed E-state index contributed by atoms with van der Waals surface area (Å²) in [5.74, 6) is -0.605. The number of benzene rings is 2. The van der Waals surface area contributed by atoms with Crippen molar-refractivity contribution in [2.75, 3.05) is 6.61 Å². The maximum atomic E-state index is 14.2. The van der Waals surface area contributed by atoms with Crippen LogP contribution < -0.4 is 4.74 Å². The minimum atomic E-state index is -0.941. The van der Waals surface area contributed by atoms with Crippen LogP contribution in [-0.4, -0.2) is 17.7 Å². The molecule has 2 aromatic rings. The fourth-order valence-corrected chi connectivity index (χ4v) is 4.29. The lowest BCUT2D eigenvalue weighted by Gasteiger charge is -2.15. The molecule has 1 N–H and O–H groups in total. The van der Waals surface area contributed by atoms with Crippen LogP contribution in [0.4, 0.5) is 4.39 Å². The van der Waals surface area contributed by atoms with Crippen molar-refractivity contribution in [2.45, 2.75) is 19.3 Å². The number of aromatic carboxylic acids is 1. The monoisotopic (exact) mass is 479 g/mol. The van der Waals surface area contributed by atoms with Gasteiger partial charge in [-0.05, 0) is 72.9 Å². The van der Waals surface area contributed by atoms with Crippen molar-refractivity contribution in [2.24, 2.45) is 0 Å². The average molecular weight is 480 g/mol. The highest BCUT2D eigenvalue weighted by atomic mass is 79.9. The lowest BCUT2D eigenvalue weighted by molar-refractivity contribution is 0.0697. The Hall–Kier alpha value is -3.05. The Morgan fingerprint density at radius 1 is 1.19 bits per heavy atom. The minimum Gasteiger partial charge on any atom is -0.478 e. The van der Waals surface area contributed by atoms with Crippen LogP contribution in [0.2, 0.25) is 0 Å². The number of allylic oxidation sites excluding steroid dienone is 5. The van der Waals surface area contributed by atoms with Gasteiger partial charge in [0.05, 0.1) is 17.2 Å². The summed E-state index contributed by atoms with van der Waals surface area (Å²) in [5.41, 5.74) is 5.47. The zero-order chi connectivity index (χ0) is 22.0. The van der Waals surface area contributed by atoms with E-state index in [1.165, 1.54) is 6.08 Å². The molecule has 31 heavy (non-hydrogen) atoms. The lowest BCUT2D eigenvalue weighted by atomic mass is 9.95. The standard InChI is InChI=1S/C26H20BrFO3/c1-16-8-9-19(24(28)12-16)15-31-25-11-10-20(27)14-23(25)22-7-3-6-21(22)17-4-2-5-18(13-17)26(29)30/h2,4-5,8-14H,1,3,6-7,15H2/p+1. The van der Waals surface area contributed by atoms with Crippen LogP contribution in [0.15, 0.2) is 82.6 Å². The highest BCUT2D eigenvalue weighted by molar-refractivity contribution is 9.10. The van der Waals surface area contributed by atoms with Gasteiger partial charge in [0.25, 0.3) is 0 Å². The molecule has 0 fully saturated rings. The molecule has 0 unspecified atom stereocenters. The Balaban J connectivity index is 1.69. The van der Waals surface area contributed by atoms with Crippen molar-refractivity contribution < 1.29 is 19.0 Å². The van der Waals surface area contributed by atoms with E-state index in [0.29, 0.717) is 16.9 Å². The molecule has 2 aliphatic carbocycles. The number of carbonyl (C=O) groups is 1. The molecule has 0 aliphatic heterocycles. The molecule has 0 saturated carbocycles. The first kappa shape index (κ1) is 21.2. The first-order valence-electron chi connectivity index (χ1n) is 10.0. The summed E-state index contributed by atoms with van der Waals surface area (Å²) < 4.78 is 21.2. The third-order valence-electron chi connectivity index (χ3n) is 5.44. The van der Waals surface area contributed by atoms with Gasteiger partial charge in [-0.1, -0.05) is 28.1 Å². The zero-order valence-electron chi connectivity index (χ0n) is 16.8. The smallest absolute Gasteiger partial charge is 0.335 e. The lowest BCUT2D eigenvalue weighted by Crippen LogP contribution is -2.06. The summed E-state index contributed by atoms with van der Waals surface area (Å²) in [4.78, 5) is 11.4. The summed E-state index contributed by atoms with van der Waals surface area (Å²) in [6, 6.07) is 12.8. The summed E-state index contributed by atoms with van der Waals surface area (Å²) in [7, 11) is 0. The molecule has 0 spiro atoms. The quantitative estimate of drug-likeness (QED) is 0.446. The molecule has 156 valence electrons. The van der Waals surface area contributed by atoms with Crippen molar-refractivity contribution in [3.8, 4) is 5.75 Å². The van der Waals surface area contributed by atoms with E-state index in [0.717, 1.165) is 46.0 Å². The van der Waals surface area contributed by atoms with E-state index in [1.807, 2.05) is 24.3 Å². The van der Waals surface area contributed by atoms with Crippen LogP contribution in [0, 0.1) is 6.42 Å². The highest BCUT2D eigenvalue weighted by Gasteiger charge is 2.23. The van der Waals surface area contributed by atoms with Crippen molar-refractivity contribution >= 4 is 33.0 Å². The number of carboxylic acids is 1. The first-order valence-corrected chi connectivity index (χ1v) is 10.8. The van der Waals surface area contributed by atoms with Gasteiger partial charge in [0.1, 0.15) is 17.9 Å². The van der Waals surface area contributed by atoms with Gasteiger partial charge in [0, 0.05) is 22.5 Å². The van der Waals surface area contributed by atoms with E-state index in [4.69, 9.17) is 4.74 Å². The molecule has 2 aromatic carbocycles. The molecule has 4 rings (SSSR count). The van der Waals surface area contributed by atoms with E-state index in [9.17, 15) is 14.3 Å². The van der Waals surface area contributed by atoms with Crippen molar-refractivity contribution in [1.29, 1.82) is 0 Å². The predicted molar refractivity (Wildman–Crippen MR) is 124 cm³/mol. The Labute approximate surface area is 189 Å². The van der Waals surface area contributed by atoms with Gasteiger partial charge in [-0.3, -0.25) is 0 Å². The molecule has 3 nitrogen and oxygen atoms in total. The Kier molecular flexibility index (Phi) is 6.14. The number of hydrogen-bond acceptors (Lipinski definition) is 2. The molecule has 0 amide bonds. The second-order valence-electron chi connectivity index (χ2n) is 7.55. The van der Waals surface area contributed by atoms with E-state index in [2.05, 4.69) is 22.5 Å². The van der Waals surface area contributed by atoms with Crippen LogP contribution in [0.5, 0.6) is 5.75 Å². The average Bonchev–Trinajstić information content (AvgIpc) is 3.23. The van der Waals surface area contributed by atoms with Gasteiger partial charge in [-0.15, -0.1) is 0 Å².